The molecule has 1 fully saturated rings. The van der Waals surface area contributed by atoms with E-state index in [1.807, 2.05) is 6.92 Å². The molecule has 1 unspecified atom stereocenters. The monoisotopic (exact) mass is 187 g/mol. The largest absolute Gasteiger partial charge is 0.396 e. The lowest BCUT2D eigenvalue weighted by Crippen LogP contribution is -2.44. The van der Waals surface area contributed by atoms with E-state index in [1.54, 1.807) is 0 Å². The highest BCUT2D eigenvalue weighted by molar-refractivity contribution is 5.84. The molecule has 0 bridgehead atoms. The zero-order chi connectivity index (χ0) is 9.73. The van der Waals surface area contributed by atoms with Crippen LogP contribution in [0.3, 0.4) is 0 Å². The molecule has 4 heteroatoms. The van der Waals surface area contributed by atoms with Crippen LogP contribution in [0.15, 0.2) is 0 Å². The van der Waals surface area contributed by atoms with Gasteiger partial charge in [-0.2, -0.15) is 0 Å². The minimum atomic E-state index is -0.630. The summed E-state index contributed by atoms with van der Waals surface area (Å²) in [5.74, 6) is -0.0570. The van der Waals surface area contributed by atoms with Gasteiger partial charge in [-0.3, -0.25) is 4.79 Å². The molecule has 13 heavy (non-hydrogen) atoms. The Balaban J connectivity index is 2.29. The normalized spacial score (nSPS) is 27.5. The van der Waals surface area contributed by atoms with E-state index in [9.17, 15) is 4.79 Å². The van der Waals surface area contributed by atoms with Crippen LogP contribution in [-0.4, -0.2) is 36.4 Å². The first-order chi connectivity index (χ1) is 6.19. The summed E-state index contributed by atoms with van der Waals surface area (Å²) in [5.41, 5.74) is -0.630. The molecule has 76 valence electrons. The lowest BCUT2D eigenvalue weighted by atomic mass is 10.0. The molecule has 2 N–H and O–H groups in total. The van der Waals surface area contributed by atoms with E-state index in [-0.39, 0.29) is 12.5 Å². The molecule has 1 rings (SSSR count). The average Bonchev–Trinajstić information content (AvgIpc) is 2.54. The molecule has 1 heterocycles. The fraction of sp³-hybridized carbons (Fsp3) is 0.889. The maximum Gasteiger partial charge on any atom is 0.251 e. The Morgan fingerprint density at radius 3 is 3.00 bits per heavy atom. The molecule has 0 aromatic heterocycles. The maximum atomic E-state index is 11.5. The highest BCUT2D eigenvalue weighted by Crippen LogP contribution is 2.24. The maximum absolute atomic E-state index is 11.5. The Hall–Kier alpha value is -0.610. The van der Waals surface area contributed by atoms with Crippen molar-refractivity contribution in [1.29, 1.82) is 0 Å². The van der Waals surface area contributed by atoms with Crippen LogP contribution in [0.5, 0.6) is 0 Å². The van der Waals surface area contributed by atoms with Crippen molar-refractivity contribution in [2.24, 2.45) is 0 Å². The van der Waals surface area contributed by atoms with E-state index < -0.39 is 5.60 Å². The molecule has 0 aliphatic carbocycles. The first-order valence-corrected chi connectivity index (χ1v) is 4.72. The Morgan fingerprint density at radius 2 is 2.46 bits per heavy atom. The number of ether oxygens (including phenoxy) is 1. The van der Waals surface area contributed by atoms with Gasteiger partial charge in [-0.25, -0.2) is 0 Å². The summed E-state index contributed by atoms with van der Waals surface area (Å²) >= 11 is 0. The molecule has 0 saturated carbocycles. The molecule has 1 amide bonds. The number of carbonyl (C=O) groups is 1. The van der Waals surface area contributed by atoms with Crippen LogP contribution < -0.4 is 5.32 Å². The zero-order valence-electron chi connectivity index (χ0n) is 8.01. The second-order valence-corrected chi connectivity index (χ2v) is 3.52. The first kappa shape index (κ1) is 10.5. The quantitative estimate of drug-likeness (QED) is 0.612. The van der Waals surface area contributed by atoms with Crippen LogP contribution >= 0.6 is 0 Å². The topological polar surface area (TPSA) is 58.6 Å². The molecule has 1 atom stereocenters. The number of hydrogen-bond acceptors (Lipinski definition) is 3. The van der Waals surface area contributed by atoms with E-state index >= 15 is 0 Å². The SMILES string of the molecule is CC1(C(=O)NCCCO)CCCO1. The molecule has 1 aliphatic heterocycles. The number of aliphatic hydroxyl groups excluding tert-OH is 1. The number of rotatable bonds is 4. The number of amides is 1. The summed E-state index contributed by atoms with van der Waals surface area (Å²) in [4.78, 5) is 11.5. The van der Waals surface area contributed by atoms with Gasteiger partial charge in [0.2, 0.25) is 0 Å². The third kappa shape index (κ3) is 2.67. The van der Waals surface area contributed by atoms with Crippen molar-refractivity contribution in [1.82, 2.24) is 5.32 Å². The number of aliphatic hydroxyl groups is 1. The minimum absolute atomic E-state index is 0.0570. The van der Waals surface area contributed by atoms with Gasteiger partial charge in [0.25, 0.3) is 5.91 Å². The molecule has 0 aromatic rings. The van der Waals surface area contributed by atoms with E-state index in [0.29, 0.717) is 19.6 Å². The highest BCUT2D eigenvalue weighted by atomic mass is 16.5. The standard InChI is InChI=1S/C9H17NO3/c1-9(4-2-7-13-9)8(12)10-5-3-6-11/h11H,2-7H2,1H3,(H,10,12). The van der Waals surface area contributed by atoms with Gasteiger partial charge in [0.15, 0.2) is 0 Å². The van der Waals surface area contributed by atoms with E-state index in [4.69, 9.17) is 9.84 Å². The third-order valence-electron chi connectivity index (χ3n) is 2.32. The number of nitrogens with one attached hydrogen (secondary N) is 1. The predicted octanol–water partition coefficient (Wildman–Crippen LogP) is 0.0541. The zero-order valence-corrected chi connectivity index (χ0v) is 8.01. The summed E-state index contributed by atoms with van der Waals surface area (Å²) in [7, 11) is 0. The lowest BCUT2D eigenvalue weighted by Gasteiger charge is -2.21. The van der Waals surface area contributed by atoms with Gasteiger partial charge in [0.05, 0.1) is 0 Å². The van der Waals surface area contributed by atoms with Crippen LogP contribution in [0.2, 0.25) is 0 Å². The van der Waals surface area contributed by atoms with Crippen molar-refractivity contribution in [3.63, 3.8) is 0 Å². The molecular weight excluding hydrogens is 170 g/mol. The number of carbonyl (C=O) groups excluding carboxylic acids is 1. The molecule has 0 spiro atoms. The van der Waals surface area contributed by atoms with E-state index in [0.717, 1.165) is 12.8 Å². The molecular formula is C9H17NO3. The van der Waals surface area contributed by atoms with Gasteiger partial charge in [-0.1, -0.05) is 0 Å². The van der Waals surface area contributed by atoms with Gasteiger partial charge >= 0.3 is 0 Å². The lowest BCUT2D eigenvalue weighted by molar-refractivity contribution is -0.139. The fourth-order valence-electron chi connectivity index (χ4n) is 1.43. The summed E-state index contributed by atoms with van der Waals surface area (Å²) in [5, 5.41) is 11.3. The Morgan fingerprint density at radius 1 is 1.69 bits per heavy atom. The second kappa shape index (κ2) is 4.58. The Kier molecular flexibility index (Phi) is 3.69. The van der Waals surface area contributed by atoms with Crippen molar-refractivity contribution in [2.45, 2.75) is 31.8 Å². The Bertz CT molecular complexity index is 176. The van der Waals surface area contributed by atoms with Gasteiger partial charge in [0, 0.05) is 19.8 Å². The van der Waals surface area contributed by atoms with Crippen LogP contribution in [0.4, 0.5) is 0 Å². The molecule has 0 radical (unpaired) electrons. The van der Waals surface area contributed by atoms with Gasteiger partial charge in [0.1, 0.15) is 5.60 Å². The van der Waals surface area contributed by atoms with Gasteiger partial charge in [-0.05, 0) is 26.2 Å². The molecule has 4 nitrogen and oxygen atoms in total. The second-order valence-electron chi connectivity index (χ2n) is 3.52. The Labute approximate surface area is 78.3 Å². The van der Waals surface area contributed by atoms with E-state index in [1.165, 1.54) is 0 Å². The molecule has 1 aliphatic rings. The summed E-state index contributed by atoms with van der Waals surface area (Å²) in [6, 6.07) is 0. The molecule has 1 saturated heterocycles. The van der Waals surface area contributed by atoms with Crippen LogP contribution in [-0.2, 0) is 9.53 Å². The third-order valence-corrected chi connectivity index (χ3v) is 2.32. The van der Waals surface area contributed by atoms with E-state index in [2.05, 4.69) is 5.32 Å². The van der Waals surface area contributed by atoms with Crippen molar-refractivity contribution < 1.29 is 14.6 Å². The average molecular weight is 187 g/mol. The van der Waals surface area contributed by atoms with Gasteiger partial charge < -0.3 is 15.2 Å². The van der Waals surface area contributed by atoms with Crippen molar-refractivity contribution >= 4 is 5.91 Å². The summed E-state index contributed by atoms with van der Waals surface area (Å²) in [6.07, 6.45) is 2.34. The molecule has 0 aromatic carbocycles. The van der Waals surface area contributed by atoms with Crippen molar-refractivity contribution in [2.75, 3.05) is 19.8 Å². The number of hydrogen-bond donors (Lipinski definition) is 2. The predicted molar refractivity (Wildman–Crippen MR) is 48.3 cm³/mol. The minimum Gasteiger partial charge on any atom is -0.396 e. The van der Waals surface area contributed by atoms with Crippen LogP contribution in [0, 0.1) is 0 Å². The van der Waals surface area contributed by atoms with Crippen LogP contribution in [0.25, 0.3) is 0 Å². The van der Waals surface area contributed by atoms with Gasteiger partial charge in [-0.15, -0.1) is 0 Å². The highest BCUT2D eigenvalue weighted by Gasteiger charge is 2.37. The van der Waals surface area contributed by atoms with Crippen molar-refractivity contribution in [3.05, 3.63) is 0 Å². The first-order valence-electron chi connectivity index (χ1n) is 4.72. The summed E-state index contributed by atoms with van der Waals surface area (Å²) in [6.45, 7) is 3.12. The summed E-state index contributed by atoms with van der Waals surface area (Å²) < 4.78 is 5.36. The fourth-order valence-corrected chi connectivity index (χ4v) is 1.43. The van der Waals surface area contributed by atoms with Crippen molar-refractivity contribution in [3.8, 4) is 0 Å². The van der Waals surface area contributed by atoms with Crippen LogP contribution in [0.1, 0.15) is 26.2 Å². The smallest absolute Gasteiger partial charge is 0.251 e.